The normalized spacial score (nSPS) is 20.9. The molecule has 1 aliphatic heterocycles. The van der Waals surface area contributed by atoms with E-state index in [2.05, 4.69) is 22.1 Å². The SMILES string of the molecule is CC1CCCCN1Cc1ccc(NC(=O)c2cc3c([nH]c2=O)CC(C)(C)CC3=O)cc1. The number of hydrogen-bond acceptors (Lipinski definition) is 4. The Morgan fingerprint density at radius 2 is 1.90 bits per heavy atom. The number of likely N-dealkylation sites (tertiary alicyclic amines) is 1. The molecule has 1 aromatic carbocycles. The molecule has 1 saturated heterocycles. The van der Waals surface area contributed by atoms with Crippen LogP contribution in [0.4, 0.5) is 5.69 Å². The Bertz CT molecular complexity index is 1050. The summed E-state index contributed by atoms with van der Waals surface area (Å²) in [6.07, 6.45) is 4.80. The summed E-state index contributed by atoms with van der Waals surface area (Å²) in [6.45, 7) is 8.30. The molecule has 1 amide bonds. The van der Waals surface area contributed by atoms with Crippen molar-refractivity contribution in [2.75, 3.05) is 11.9 Å². The zero-order chi connectivity index (χ0) is 22.2. The van der Waals surface area contributed by atoms with Crippen LogP contribution in [0.15, 0.2) is 35.1 Å². The van der Waals surface area contributed by atoms with Gasteiger partial charge < -0.3 is 10.3 Å². The fourth-order valence-electron chi connectivity index (χ4n) is 4.72. The topological polar surface area (TPSA) is 82.3 Å². The van der Waals surface area contributed by atoms with Crippen molar-refractivity contribution in [3.05, 3.63) is 63.1 Å². The molecule has 2 N–H and O–H groups in total. The number of carbonyl (C=O) groups excluding carboxylic acids is 2. The van der Waals surface area contributed by atoms with Crippen LogP contribution in [-0.2, 0) is 13.0 Å². The standard InChI is InChI=1S/C25H31N3O3/c1-16-6-4-5-11-28(16)15-17-7-9-18(10-8-17)26-23(30)20-12-19-21(27-24(20)31)13-25(2,3)14-22(19)29/h7-10,12,16H,4-6,11,13-15H2,1-3H3,(H,26,30)(H,27,31). The van der Waals surface area contributed by atoms with Crippen LogP contribution in [0.2, 0.25) is 0 Å². The maximum atomic E-state index is 12.7. The summed E-state index contributed by atoms with van der Waals surface area (Å²) in [5.41, 5.74) is 2.23. The van der Waals surface area contributed by atoms with E-state index in [4.69, 9.17) is 0 Å². The third-order valence-corrected chi connectivity index (χ3v) is 6.50. The highest BCUT2D eigenvalue weighted by molar-refractivity contribution is 6.06. The quantitative estimate of drug-likeness (QED) is 0.777. The molecule has 31 heavy (non-hydrogen) atoms. The summed E-state index contributed by atoms with van der Waals surface area (Å²) in [7, 11) is 0. The third-order valence-electron chi connectivity index (χ3n) is 6.50. The van der Waals surface area contributed by atoms with Gasteiger partial charge in [-0.25, -0.2) is 0 Å². The molecule has 2 aliphatic rings. The first-order chi connectivity index (χ1) is 14.7. The average molecular weight is 422 g/mol. The lowest BCUT2D eigenvalue weighted by Crippen LogP contribution is -2.36. The van der Waals surface area contributed by atoms with E-state index in [-0.39, 0.29) is 16.8 Å². The number of hydrogen-bond donors (Lipinski definition) is 2. The number of amides is 1. The molecular weight excluding hydrogens is 390 g/mol. The fraction of sp³-hybridized carbons (Fsp3) is 0.480. The van der Waals surface area contributed by atoms with Crippen molar-refractivity contribution in [3.8, 4) is 0 Å². The van der Waals surface area contributed by atoms with Crippen LogP contribution in [0.5, 0.6) is 0 Å². The highest BCUT2D eigenvalue weighted by Crippen LogP contribution is 2.33. The molecule has 6 heteroatoms. The first-order valence-corrected chi connectivity index (χ1v) is 11.2. The zero-order valence-electron chi connectivity index (χ0n) is 18.6. The van der Waals surface area contributed by atoms with Crippen molar-refractivity contribution in [1.29, 1.82) is 0 Å². The molecule has 2 heterocycles. The predicted molar refractivity (Wildman–Crippen MR) is 122 cm³/mol. The number of rotatable bonds is 4. The molecule has 2 aromatic rings. The molecule has 1 unspecified atom stereocenters. The van der Waals surface area contributed by atoms with Crippen LogP contribution in [0.25, 0.3) is 0 Å². The van der Waals surface area contributed by atoms with Gasteiger partial charge in [0.25, 0.3) is 11.5 Å². The first-order valence-electron chi connectivity index (χ1n) is 11.2. The second kappa shape index (κ2) is 8.42. The van der Waals surface area contributed by atoms with E-state index in [1.54, 1.807) is 0 Å². The van der Waals surface area contributed by atoms with Crippen LogP contribution in [0, 0.1) is 5.41 Å². The Labute approximate surface area is 183 Å². The molecule has 164 valence electrons. The summed E-state index contributed by atoms with van der Waals surface area (Å²) in [5, 5.41) is 2.79. The van der Waals surface area contributed by atoms with Crippen molar-refractivity contribution in [2.45, 2.75) is 65.5 Å². The number of fused-ring (bicyclic) bond motifs is 1. The maximum absolute atomic E-state index is 12.7. The molecule has 1 aliphatic carbocycles. The number of Topliss-reactive ketones (excluding diaryl/α,β-unsaturated/α-hetero) is 1. The van der Waals surface area contributed by atoms with Gasteiger partial charge >= 0.3 is 0 Å². The molecule has 4 rings (SSSR count). The number of ketones is 1. The minimum absolute atomic E-state index is 0.0296. The minimum Gasteiger partial charge on any atom is -0.325 e. The van der Waals surface area contributed by atoms with Gasteiger partial charge in [-0.1, -0.05) is 32.4 Å². The van der Waals surface area contributed by atoms with Crippen molar-refractivity contribution in [2.24, 2.45) is 5.41 Å². The molecule has 0 spiro atoms. The molecule has 0 radical (unpaired) electrons. The van der Waals surface area contributed by atoms with Crippen molar-refractivity contribution >= 4 is 17.4 Å². The van der Waals surface area contributed by atoms with Crippen molar-refractivity contribution < 1.29 is 9.59 Å². The monoisotopic (exact) mass is 421 g/mol. The minimum atomic E-state index is -0.501. The lowest BCUT2D eigenvalue weighted by Gasteiger charge is -2.33. The molecule has 1 aromatic heterocycles. The Hall–Kier alpha value is -2.73. The highest BCUT2D eigenvalue weighted by Gasteiger charge is 2.32. The maximum Gasteiger partial charge on any atom is 0.261 e. The molecule has 1 fully saturated rings. The summed E-state index contributed by atoms with van der Waals surface area (Å²) in [4.78, 5) is 43.0. The number of piperidine rings is 1. The number of H-pyrrole nitrogens is 1. The van der Waals surface area contributed by atoms with E-state index in [0.29, 0.717) is 35.8 Å². The largest absolute Gasteiger partial charge is 0.325 e. The van der Waals surface area contributed by atoms with Gasteiger partial charge in [-0.05, 0) is 61.9 Å². The van der Waals surface area contributed by atoms with Gasteiger partial charge in [0.2, 0.25) is 0 Å². The Kier molecular flexibility index (Phi) is 5.84. The van der Waals surface area contributed by atoms with Gasteiger partial charge in [0.15, 0.2) is 5.78 Å². The van der Waals surface area contributed by atoms with Crippen LogP contribution >= 0.6 is 0 Å². The molecule has 0 saturated carbocycles. The van der Waals surface area contributed by atoms with Crippen molar-refractivity contribution in [3.63, 3.8) is 0 Å². The fourth-order valence-corrected chi connectivity index (χ4v) is 4.72. The van der Waals surface area contributed by atoms with Gasteiger partial charge in [-0.3, -0.25) is 19.3 Å². The van der Waals surface area contributed by atoms with Gasteiger partial charge in [0, 0.05) is 36.0 Å². The van der Waals surface area contributed by atoms with E-state index in [0.717, 1.165) is 13.1 Å². The van der Waals surface area contributed by atoms with Crippen molar-refractivity contribution in [1.82, 2.24) is 9.88 Å². The van der Waals surface area contributed by atoms with Crippen LogP contribution in [-0.4, -0.2) is 34.2 Å². The van der Waals surface area contributed by atoms with Gasteiger partial charge in [-0.15, -0.1) is 0 Å². The smallest absolute Gasteiger partial charge is 0.261 e. The number of nitrogens with one attached hydrogen (secondary N) is 2. The Balaban J connectivity index is 1.47. The van der Waals surface area contributed by atoms with E-state index in [1.807, 2.05) is 38.1 Å². The number of anilines is 1. The number of aromatic nitrogens is 1. The first kappa shape index (κ1) is 21.5. The predicted octanol–water partition coefficient (Wildman–Crippen LogP) is 4.16. The van der Waals surface area contributed by atoms with Gasteiger partial charge in [-0.2, -0.15) is 0 Å². The molecule has 0 bridgehead atoms. The van der Waals surface area contributed by atoms with E-state index in [9.17, 15) is 14.4 Å². The van der Waals surface area contributed by atoms with Crippen LogP contribution in [0.1, 0.15) is 78.4 Å². The summed E-state index contributed by atoms with van der Waals surface area (Å²) in [5.74, 6) is -0.535. The third kappa shape index (κ3) is 4.79. The second-order valence-electron chi connectivity index (χ2n) is 9.81. The van der Waals surface area contributed by atoms with Crippen LogP contribution < -0.4 is 10.9 Å². The molecule has 6 nitrogen and oxygen atoms in total. The van der Waals surface area contributed by atoms with E-state index in [1.165, 1.54) is 30.9 Å². The van der Waals surface area contributed by atoms with Crippen LogP contribution in [0.3, 0.4) is 0 Å². The number of benzene rings is 1. The summed E-state index contributed by atoms with van der Waals surface area (Å²) < 4.78 is 0. The zero-order valence-corrected chi connectivity index (χ0v) is 18.6. The van der Waals surface area contributed by atoms with E-state index >= 15 is 0 Å². The van der Waals surface area contributed by atoms with Gasteiger partial charge in [0.1, 0.15) is 5.56 Å². The Morgan fingerprint density at radius 3 is 2.61 bits per heavy atom. The highest BCUT2D eigenvalue weighted by atomic mass is 16.2. The molecule has 1 atom stereocenters. The lowest BCUT2D eigenvalue weighted by atomic mass is 9.75. The number of nitrogens with zero attached hydrogens (tertiary/aromatic N) is 1. The summed E-state index contributed by atoms with van der Waals surface area (Å²) in [6, 6.07) is 9.80. The number of aromatic amines is 1. The lowest BCUT2D eigenvalue weighted by molar-refractivity contribution is 0.0910. The average Bonchev–Trinajstić information content (AvgIpc) is 2.69. The Morgan fingerprint density at radius 1 is 1.16 bits per heavy atom. The number of pyridine rings is 1. The van der Waals surface area contributed by atoms with E-state index < -0.39 is 11.5 Å². The summed E-state index contributed by atoms with van der Waals surface area (Å²) >= 11 is 0. The van der Waals surface area contributed by atoms with Gasteiger partial charge in [0.05, 0.1) is 0 Å². The second-order valence-corrected chi connectivity index (χ2v) is 9.81. The molecular formula is C25H31N3O3. The number of carbonyl (C=O) groups is 2.